The highest BCUT2D eigenvalue weighted by molar-refractivity contribution is 5.63. The zero-order valence-corrected chi connectivity index (χ0v) is 13.0. The van der Waals surface area contributed by atoms with Gasteiger partial charge in [-0.2, -0.15) is 23.5 Å². The molecule has 0 atom stereocenters. The van der Waals surface area contributed by atoms with Crippen molar-refractivity contribution in [1.82, 2.24) is 15.5 Å². The minimum absolute atomic E-state index is 0.0608. The number of anilines is 1. The zero-order chi connectivity index (χ0) is 18.1. The molecule has 1 saturated carbocycles. The normalized spacial score (nSPS) is 22.8. The van der Waals surface area contributed by atoms with E-state index in [1.807, 2.05) is 0 Å². The lowest BCUT2D eigenvalue weighted by Gasteiger charge is -2.40. The highest BCUT2D eigenvalue weighted by Gasteiger charge is 2.44. The summed E-state index contributed by atoms with van der Waals surface area (Å²) in [5, 5.41) is 20.6. The van der Waals surface area contributed by atoms with Gasteiger partial charge in [-0.1, -0.05) is 12.1 Å². The van der Waals surface area contributed by atoms with Gasteiger partial charge in [0.2, 0.25) is 0 Å². The van der Waals surface area contributed by atoms with Crippen LogP contribution in [-0.2, 0) is 6.18 Å². The van der Waals surface area contributed by atoms with Crippen LogP contribution in [0, 0.1) is 11.5 Å². The van der Waals surface area contributed by atoms with Gasteiger partial charge in [-0.05, 0) is 12.1 Å². The first kappa shape index (κ1) is 17.1. The van der Waals surface area contributed by atoms with Crippen LogP contribution in [0.1, 0.15) is 18.4 Å². The Morgan fingerprint density at radius 1 is 1.28 bits per heavy atom. The van der Waals surface area contributed by atoms with E-state index in [0.29, 0.717) is 17.1 Å². The number of halogens is 4. The average Bonchev–Trinajstić information content (AvgIpc) is 3.00. The lowest BCUT2D eigenvalue weighted by Crippen LogP contribution is -2.53. The van der Waals surface area contributed by atoms with Gasteiger partial charge < -0.3 is 10.6 Å². The topological polar surface area (TPSA) is 76.5 Å². The predicted molar refractivity (Wildman–Crippen MR) is 83.1 cm³/mol. The molecule has 1 aliphatic rings. The van der Waals surface area contributed by atoms with Gasteiger partial charge in [-0.3, -0.25) is 5.10 Å². The van der Waals surface area contributed by atoms with Crippen LogP contribution in [-0.4, -0.2) is 28.5 Å². The van der Waals surface area contributed by atoms with Gasteiger partial charge in [0, 0.05) is 30.5 Å². The highest BCUT2D eigenvalue weighted by Crippen LogP contribution is 2.36. The van der Waals surface area contributed by atoms with E-state index in [4.69, 9.17) is 5.26 Å². The van der Waals surface area contributed by atoms with Crippen LogP contribution < -0.4 is 10.6 Å². The SMILES string of the molecule is N#CN[C@H]1C[C@@](F)(CNc2cc(-c3ccc(C(F)(F)F)cc3)n[nH]2)C1. The third kappa shape index (κ3) is 3.84. The van der Waals surface area contributed by atoms with Gasteiger partial charge in [0.15, 0.2) is 6.19 Å². The fourth-order valence-electron chi connectivity index (χ4n) is 2.80. The molecule has 1 aliphatic carbocycles. The number of nitrogens with zero attached hydrogens (tertiary/aromatic N) is 2. The van der Waals surface area contributed by atoms with E-state index in [1.54, 1.807) is 12.3 Å². The van der Waals surface area contributed by atoms with Crippen molar-refractivity contribution in [2.75, 3.05) is 11.9 Å². The fourth-order valence-corrected chi connectivity index (χ4v) is 2.80. The summed E-state index contributed by atoms with van der Waals surface area (Å²) in [7, 11) is 0. The number of hydrogen-bond donors (Lipinski definition) is 3. The van der Waals surface area contributed by atoms with Gasteiger partial charge in [-0.25, -0.2) is 4.39 Å². The van der Waals surface area contributed by atoms with Crippen molar-refractivity contribution < 1.29 is 17.6 Å². The van der Waals surface area contributed by atoms with Crippen molar-refractivity contribution in [3.8, 4) is 17.5 Å². The first-order valence-corrected chi connectivity index (χ1v) is 7.59. The quantitative estimate of drug-likeness (QED) is 0.437. The van der Waals surface area contributed by atoms with E-state index >= 15 is 0 Å². The molecule has 0 bridgehead atoms. The standard InChI is InChI=1S/C16H15F4N5/c17-15(6-12(7-15)23-9-21)8-22-14-5-13(24-25-14)10-1-3-11(4-2-10)16(18,19)20/h1-5,12,23H,6-8H2,(H2,22,24,25)/t12-,15-. The van der Waals surface area contributed by atoms with Crippen molar-refractivity contribution in [2.45, 2.75) is 30.7 Å². The van der Waals surface area contributed by atoms with Crippen LogP contribution in [0.15, 0.2) is 30.3 Å². The second-order valence-corrected chi connectivity index (χ2v) is 6.11. The molecule has 3 N–H and O–H groups in total. The molecule has 0 radical (unpaired) electrons. The van der Waals surface area contributed by atoms with Crippen molar-refractivity contribution in [1.29, 1.82) is 5.26 Å². The minimum Gasteiger partial charge on any atom is -0.367 e. The third-order valence-electron chi connectivity index (χ3n) is 4.17. The Morgan fingerprint density at radius 2 is 1.96 bits per heavy atom. The summed E-state index contributed by atoms with van der Waals surface area (Å²) in [6, 6.07) is 6.12. The molecule has 0 aliphatic heterocycles. The zero-order valence-electron chi connectivity index (χ0n) is 13.0. The van der Waals surface area contributed by atoms with Crippen LogP contribution in [0.5, 0.6) is 0 Å². The number of alkyl halides is 4. The third-order valence-corrected chi connectivity index (χ3v) is 4.17. The Morgan fingerprint density at radius 3 is 2.56 bits per heavy atom. The van der Waals surface area contributed by atoms with Crippen molar-refractivity contribution in [3.05, 3.63) is 35.9 Å². The van der Waals surface area contributed by atoms with E-state index in [2.05, 4.69) is 20.8 Å². The van der Waals surface area contributed by atoms with Crippen LogP contribution in [0.3, 0.4) is 0 Å². The minimum atomic E-state index is -4.38. The number of aromatic amines is 1. The number of hydrogen-bond acceptors (Lipinski definition) is 4. The molecule has 1 heterocycles. The Labute approximate surface area is 141 Å². The number of aromatic nitrogens is 2. The van der Waals surface area contributed by atoms with E-state index in [0.717, 1.165) is 12.1 Å². The molecule has 3 rings (SSSR count). The molecule has 132 valence electrons. The summed E-state index contributed by atoms with van der Waals surface area (Å²) in [5.41, 5.74) is -1.14. The molecule has 1 fully saturated rings. The summed E-state index contributed by atoms with van der Waals surface area (Å²) < 4.78 is 52.0. The summed E-state index contributed by atoms with van der Waals surface area (Å²) in [6.07, 6.45) is -2.10. The molecular formula is C16H15F4N5. The van der Waals surface area contributed by atoms with E-state index in [1.165, 1.54) is 12.1 Å². The second-order valence-electron chi connectivity index (χ2n) is 6.11. The largest absolute Gasteiger partial charge is 0.416 e. The Kier molecular flexibility index (Phi) is 4.29. The first-order valence-electron chi connectivity index (χ1n) is 7.59. The summed E-state index contributed by atoms with van der Waals surface area (Å²) in [6.45, 7) is 0.0608. The monoisotopic (exact) mass is 353 g/mol. The van der Waals surface area contributed by atoms with Crippen molar-refractivity contribution >= 4 is 5.82 Å². The summed E-state index contributed by atoms with van der Waals surface area (Å²) in [4.78, 5) is 0. The van der Waals surface area contributed by atoms with Crippen LogP contribution in [0.2, 0.25) is 0 Å². The van der Waals surface area contributed by atoms with E-state index in [-0.39, 0.29) is 25.4 Å². The molecule has 0 unspecified atom stereocenters. The van der Waals surface area contributed by atoms with Crippen LogP contribution in [0.4, 0.5) is 23.4 Å². The van der Waals surface area contributed by atoms with Gasteiger partial charge in [0.05, 0.1) is 17.8 Å². The molecule has 2 aromatic rings. The van der Waals surface area contributed by atoms with E-state index in [9.17, 15) is 17.6 Å². The maximum atomic E-state index is 14.3. The maximum absolute atomic E-state index is 14.3. The highest BCUT2D eigenvalue weighted by atomic mass is 19.4. The number of nitriles is 1. The first-order chi connectivity index (χ1) is 11.8. The Bertz CT molecular complexity index is 769. The van der Waals surface area contributed by atoms with Gasteiger partial charge in [-0.15, -0.1) is 0 Å². The van der Waals surface area contributed by atoms with Gasteiger partial charge >= 0.3 is 6.18 Å². The number of H-pyrrole nitrogens is 1. The van der Waals surface area contributed by atoms with Crippen LogP contribution in [0.25, 0.3) is 11.3 Å². The molecule has 0 saturated heterocycles. The van der Waals surface area contributed by atoms with Crippen molar-refractivity contribution in [2.24, 2.45) is 0 Å². The molecule has 0 spiro atoms. The maximum Gasteiger partial charge on any atom is 0.416 e. The number of nitrogens with one attached hydrogen (secondary N) is 3. The molecular weight excluding hydrogens is 338 g/mol. The molecule has 1 aromatic heterocycles. The fraction of sp³-hybridized carbons (Fsp3) is 0.375. The lowest BCUT2D eigenvalue weighted by atomic mass is 9.77. The van der Waals surface area contributed by atoms with Gasteiger partial charge in [0.25, 0.3) is 0 Å². The van der Waals surface area contributed by atoms with Crippen molar-refractivity contribution in [3.63, 3.8) is 0 Å². The summed E-state index contributed by atoms with van der Waals surface area (Å²) in [5.74, 6) is 0.476. The Balaban J connectivity index is 1.59. The second kappa shape index (κ2) is 6.27. The number of benzene rings is 1. The van der Waals surface area contributed by atoms with Crippen LogP contribution >= 0.6 is 0 Å². The smallest absolute Gasteiger partial charge is 0.367 e. The average molecular weight is 353 g/mol. The lowest BCUT2D eigenvalue weighted by molar-refractivity contribution is -0.137. The molecule has 5 nitrogen and oxygen atoms in total. The molecule has 1 aromatic carbocycles. The molecule has 25 heavy (non-hydrogen) atoms. The summed E-state index contributed by atoms with van der Waals surface area (Å²) >= 11 is 0. The van der Waals surface area contributed by atoms with E-state index < -0.39 is 17.4 Å². The number of rotatable bonds is 5. The van der Waals surface area contributed by atoms with Gasteiger partial charge in [0.1, 0.15) is 11.5 Å². The molecule has 0 amide bonds. The predicted octanol–water partition coefficient (Wildman–Crippen LogP) is 3.45. The Hall–Kier alpha value is -2.76. The molecule has 9 heteroatoms.